The van der Waals surface area contributed by atoms with Crippen LogP contribution in [0.15, 0.2) is 24.3 Å². The summed E-state index contributed by atoms with van der Waals surface area (Å²) in [7, 11) is 0. The number of rotatable bonds is 5. The topological polar surface area (TPSA) is 66.9 Å². The third-order valence-electron chi connectivity index (χ3n) is 2.08. The Balaban J connectivity index is 2.74. The highest BCUT2D eigenvalue weighted by Crippen LogP contribution is 2.10. The van der Waals surface area contributed by atoms with E-state index in [9.17, 15) is 4.79 Å². The Hall–Kier alpha value is -1.64. The number of unbranched alkanes of at least 4 members (excludes halogenated alkanes) is 1. The summed E-state index contributed by atoms with van der Waals surface area (Å²) in [6, 6.07) is 7.35. The van der Waals surface area contributed by atoms with Gasteiger partial charge in [-0.1, -0.05) is 18.2 Å². The molecule has 0 aliphatic carbocycles. The van der Waals surface area contributed by atoms with Crippen molar-refractivity contribution in [2.24, 2.45) is 5.73 Å². The summed E-state index contributed by atoms with van der Waals surface area (Å²) in [5, 5.41) is 6.89. The van der Waals surface area contributed by atoms with Crippen LogP contribution in [0.3, 0.4) is 0 Å². The van der Waals surface area contributed by atoms with Crippen LogP contribution in [0.25, 0.3) is 0 Å². The van der Waals surface area contributed by atoms with Gasteiger partial charge in [-0.15, -0.1) is 0 Å². The zero-order valence-electron chi connectivity index (χ0n) is 7.99. The van der Waals surface area contributed by atoms with Crippen molar-refractivity contribution in [3.05, 3.63) is 35.4 Å². The number of nitrogens with one attached hydrogen (secondary N) is 1. The number of nitrogens with two attached hydrogens (primary N) is 1. The van der Waals surface area contributed by atoms with Crippen molar-refractivity contribution in [3.63, 3.8) is 0 Å². The number of aryl methyl sites for hydroxylation is 1. The lowest BCUT2D eigenvalue weighted by atomic mass is 10.0. The number of primary amides is 1. The number of hydrogen-bond donors (Lipinski definition) is 2. The van der Waals surface area contributed by atoms with E-state index in [-0.39, 0.29) is 5.91 Å². The minimum Gasteiger partial charge on any atom is -0.366 e. The number of hydrogen-bond acceptors (Lipinski definition) is 2. The van der Waals surface area contributed by atoms with Gasteiger partial charge in [-0.3, -0.25) is 4.79 Å². The van der Waals surface area contributed by atoms with Crippen LogP contribution in [0.1, 0.15) is 28.8 Å². The molecule has 0 aliphatic rings. The maximum atomic E-state index is 11.0. The summed E-state index contributed by atoms with van der Waals surface area (Å²) in [5.41, 5.74) is 6.80. The van der Waals surface area contributed by atoms with Crippen LogP contribution >= 0.6 is 0 Å². The summed E-state index contributed by atoms with van der Waals surface area (Å²) in [4.78, 5) is 11.0. The molecule has 0 fully saturated rings. The molecular weight excluding hydrogens is 176 g/mol. The molecule has 0 spiro atoms. The van der Waals surface area contributed by atoms with E-state index in [0.29, 0.717) is 5.56 Å². The Bertz CT molecular complexity index is 334. The van der Waals surface area contributed by atoms with Gasteiger partial charge in [-0.05, 0) is 37.1 Å². The Morgan fingerprint density at radius 3 is 2.79 bits per heavy atom. The fourth-order valence-corrected chi connectivity index (χ4v) is 1.37. The van der Waals surface area contributed by atoms with Crippen LogP contribution in [0.5, 0.6) is 0 Å². The standard InChI is InChI=1S/C11H14N2O/c12-8-4-3-6-9-5-1-2-7-10(9)11(13)14/h1-2,5,7-8,12H,3-4,6H2,(H2,13,14). The molecule has 3 heteroatoms. The highest BCUT2D eigenvalue weighted by atomic mass is 16.1. The average Bonchev–Trinajstić information content (AvgIpc) is 2.19. The highest BCUT2D eigenvalue weighted by Gasteiger charge is 2.05. The predicted molar refractivity (Wildman–Crippen MR) is 56.7 cm³/mol. The van der Waals surface area contributed by atoms with E-state index in [4.69, 9.17) is 11.1 Å². The molecule has 3 N–H and O–H groups in total. The summed E-state index contributed by atoms with van der Waals surface area (Å²) in [6.07, 6.45) is 3.81. The van der Waals surface area contributed by atoms with Crippen molar-refractivity contribution >= 4 is 12.1 Å². The zero-order valence-corrected chi connectivity index (χ0v) is 7.99. The van der Waals surface area contributed by atoms with Crippen LogP contribution in [-0.4, -0.2) is 12.1 Å². The van der Waals surface area contributed by atoms with Gasteiger partial charge in [-0.2, -0.15) is 0 Å². The first-order chi connectivity index (χ1) is 6.75. The van der Waals surface area contributed by atoms with E-state index in [1.54, 1.807) is 12.1 Å². The number of amides is 1. The molecule has 14 heavy (non-hydrogen) atoms. The number of carbonyl (C=O) groups excluding carboxylic acids is 1. The van der Waals surface area contributed by atoms with E-state index >= 15 is 0 Å². The molecule has 0 bridgehead atoms. The first-order valence-corrected chi connectivity index (χ1v) is 4.62. The fourth-order valence-electron chi connectivity index (χ4n) is 1.37. The van der Waals surface area contributed by atoms with Gasteiger partial charge in [0.05, 0.1) is 0 Å². The van der Waals surface area contributed by atoms with Crippen LogP contribution in [0, 0.1) is 5.41 Å². The Morgan fingerprint density at radius 1 is 1.43 bits per heavy atom. The van der Waals surface area contributed by atoms with Crippen molar-refractivity contribution in [2.75, 3.05) is 0 Å². The normalized spacial score (nSPS) is 9.71. The molecule has 0 atom stereocenters. The van der Waals surface area contributed by atoms with Gasteiger partial charge in [-0.25, -0.2) is 0 Å². The summed E-state index contributed by atoms with van der Waals surface area (Å²) >= 11 is 0. The SMILES string of the molecule is N=CCCCc1ccccc1C(N)=O. The Kier molecular flexibility index (Phi) is 3.85. The minimum absolute atomic E-state index is 0.379. The molecule has 0 radical (unpaired) electrons. The van der Waals surface area contributed by atoms with E-state index < -0.39 is 0 Å². The van der Waals surface area contributed by atoms with Gasteiger partial charge in [0, 0.05) is 5.56 Å². The highest BCUT2D eigenvalue weighted by molar-refractivity contribution is 5.94. The lowest BCUT2D eigenvalue weighted by molar-refractivity contribution is 0.0999. The second-order valence-electron chi connectivity index (χ2n) is 3.12. The van der Waals surface area contributed by atoms with Crippen molar-refractivity contribution in [3.8, 4) is 0 Å². The van der Waals surface area contributed by atoms with Crippen LogP contribution < -0.4 is 5.73 Å². The molecular formula is C11H14N2O. The second-order valence-corrected chi connectivity index (χ2v) is 3.12. The van der Waals surface area contributed by atoms with Crippen molar-refractivity contribution in [1.82, 2.24) is 0 Å². The fraction of sp³-hybridized carbons (Fsp3) is 0.273. The van der Waals surface area contributed by atoms with Crippen molar-refractivity contribution < 1.29 is 4.79 Å². The molecule has 0 aliphatic heterocycles. The van der Waals surface area contributed by atoms with E-state index in [2.05, 4.69) is 0 Å². The van der Waals surface area contributed by atoms with E-state index in [1.807, 2.05) is 12.1 Å². The average molecular weight is 190 g/mol. The third-order valence-corrected chi connectivity index (χ3v) is 2.08. The molecule has 1 aromatic rings. The van der Waals surface area contributed by atoms with Gasteiger partial charge < -0.3 is 11.1 Å². The molecule has 0 aromatic heterocycles. The molecule has 1 rings (SSSR count). The number of benzene rings is 1. The minimum atomic E-state index is -0.379. The number of carbonyl (C=O) groups is 1. The first-order valence-electron chi connectivity index (χ1n) is 4.62. The first kappa shape index (κ1) is 10.4. The van der Waals surface area contributed by atoms with Gasteiger partial charge in [0.2, 0.25) is 5.91 Å². The summed E-state index contributed by atoms with van der Waals surface area (Å²) in [6.45, 7) is 0. The third kappa shape index (κ3) is 2.69. The molecule has 0 saturated heterocycles. The maximum absolute atomic E-state index is 11.0. The van der Waals surface area contributed by atoms with Crippen LogP contribution in [0.2, 0.25) is 0 Å². The van der Waals surface area contributed by atoms with Gasteiger partial charge in [0.25, 0.3) is 0 Å². The zero-order chi connectivity index (χ0) is 10.4. The lowest BCUT2D eigenvalue weighted by Gasteiger charge is -2.04. The Labute approximate surface area is 83.4 Å². The molecule has 0 unspecified atom stereocenters. The molecule has 74 valence electrons. The summed E-state index contributed by atoms with van der Waals surface area (Å²) in [5.74, 6) is -0.379. The van der Waals surface area contributed by atoms with Gasteiger partial charge in [0.15, 0.2) is 0 Å². The summed E-state index contributed by atoms with van der Waals surface area (Å²) < 4.78 is 0. The van der Waals surface area contributed by atoms with E-state index in [1.165, 1.54) is 6.21 Å². The van der Waals surface area contributed by atoms with Crippen molar-refractivity contribution in [1.29, 1.82) is 5.41 Å². The van der Waals surface area contributed by atoms with Gasteiger partial charge >= 0.3 is 0 Å². The monoisotopic (exact) mass is 190 g/mol. The van der Waals surface area contributed by atoms with E-state index in [0.717, 1.165) is 24.8 Å². The smallest absolute Gasteiger partial charge is 0.248 e. The van der Waals surface area contributed by atoms with Crippen LogP contribution in [0.4, 0.5) is 0 Å². The molecule has 0 heterocycles. The second kappa shape index (κ2) is 5.17. The lowest BCUT2D eigenvalue weighted by Crippen LogP contribution is -2.13. The predicted octanol–water partition coefficient (Wildman–Crippen LogP) is 1.76. The molecule has 1 amide bonds. The molecule has 0 saturated carbocycles. The molecule has 1 aromatic carbocycles. The van der Waals surface area contributed by atoms with Crippen molar-refractivity contribution in [2.45, 2.75) is 19.3 Å². The Morgan fingerprint density at radius 2 is 2.14 bits per heavy atom. The quantitative estimate of drug-likeness (QED) is 0.539. The molecule has 3 nitrogen and oxygen atoms in total. The van der Waals surface area contributed by atoms with Gasteiger partial charge in [0.1, 0.15) is 0 Å². The van der Waals surface area contributed by atoms with Crippen LogP contribution in [-0.2, 0) is 6.42 Å². The largest absolute Gasteiger partial charge is 0.366 e. The maximum Gasteiger partial charge on any atom is 0.248 e.